The normalized spacial score (nSPS) is 36.8. The quantitative estimate of drug-likeness (QED) is 0.599. The van der Waals surface area contributed by atoms with Gasteiger partial charge in [0.05, 0.1) is 6.04 Å². The molecule has 3 aliphatic rings. The Morgan fingerprint density at radius 1 is 1.38 bits per heavy atom. The molecule has 1 saturated heterocycles. The molecule has 1 aliphatic carbocycles. The van der Waals surface area contributed by atoms with Crippen LogP contribution in [-0.2, 0) is 4.79 Å². The molecule has 1 N–H and O–H groups in total. The molecule has 0 bridgehead atoms. The number of rotatable bonds is 0. The van der Waals surface area contributed by atoms with Gasteiger partial charge in [-0.1, -0.05) is 12.8 Å². The van der Waals surface area contributed by atoms with Crippen molar-refractivity contribution in [3.05, 3.63) is 11.9 Å². The van der Waals surface area contributed by atoms with Crippen LogP contribution in [0.5, 0.6) is 0 Å². The molecule has 2 unspecified atom stereocenters. The van der Waals surface area contributed by atoms with E-state index in [9.17, 15) is 4.79 Å². The van der Waals surface area contributed by atoms with Crippen LogP contribution in [0.3, 0.4) is 0 Å². The second-order valence-electron chi connectivity index (χ2n) is 4.16. The molecule has 2 aliphatic heterocycles. The van der Waals surface area contributed by atoms with E-state index in [1.807, 2.05) is 11.0 Å². The number of amides is 1. The fraction of sp³-hybridized carbons (Fsp3) is 0.700. The van der Waals surface area contributed by atoms with Crippen molar-refractivity contribution in [3.63, 3.8) is 0 Å². The van der Waals surface area contributed by atoms with Crippen molar-refractivity contribution in [2.45, 2.75) is 44.2 Å². The second kappa shape index (κ2) is 2.50. The van der Waals surface area contributed by atoms with Gasteiger partial charge in [-0.15, -0.1) is 0 Å². The molecule has 13 heavy (non-hydrogen) atoms. The molecule has 0 aromatic carbocycles. The summed E-state index contributed by atoms with van der Waals surface area (Å²) >= 11 is 0. The van der Waals surface area contributed by atoms with Gasteiger partial charge in [-0.2, -0.15) is 0 Å². The summed E-state index contributed by atoms with van der Waals surface area (Å²) in [7, 11) is 0. The van der Waals surface area contributed by atoms with Crippen molar-refractivity contribution < 1.29 is 4.79 Å². The Morgan fingerprint density at radius 3 is 3.15 bits per heavy atom. The predicted molar refractivity (Wildman–Crippen MR) is 48.7 cm³/mol. The smallest absolute Gasteiger partial charge is 0.232 e. The second-order valence-corrected chi connectivity index (χ2v) is 4.16. The average molecular weight is 178 g/mol. The van der Waals surface area contributed by atoms with Crippen molar-refractivity contribution >= 4 is 5.91 Å². The first-order valence-electron chi connectivity index (χ1n) is 5.15. The maximum Gasteiger partial charge on any atom is 0.232 e. The zero-order valence-corrected chi connectivity index (χ0v) is 7.62. The highest BCUT2D eigenvalue weighted by molar-refractivity contribution is 5.83. The first-order valence-corrected chi connectivity index (χ1v) is 5.15. The SMILES string of the molecule is O=C1CC=C2NC3CCCCC3N12. The van der Waals surface area contributed by atoms with Crippen LogP contribution < -0.4 is 5.32 Å². The minimum atomic E-state index is 0.289. The van der Waals surface area contributed by atoms with Crippen LogP contribution in [-0.4, -0.2) is 22.9 Å². The molecule has 0 spiro atoms. The number of carbonyl (C=O) groups is 1. The molecule has 0 aromatic rings. The maximum atomic E-state index is 11.5. The van der Waals surface area contributed by atoms with Gasteiger partial charge in [-0.05, 0) is 18.9 Å². The van der Waals surface area contributed by atoms with E-state index in [2.05, 4.69) is 5.32 Å². The third-order valence-corrected chi connectivity index (χ3v) is 3.39. The highest BCUT2D eigenvalue weighted by atomic mass is 16.2. The van der Waals surface area contributed by atoms with Crippen molar-refractivity contribution in [1.82, 2.24) is 10.2 Å². The lowest BCUT2D eigenvalue weighted by Gasteiger charge is -2.28. The van der Waals surface area contributed by atoms with Gasteiger partial charge in [-0.25, -0.2) is 0 Å². The molecule has 70 valence electrons. The fourth-order valence-electron chi connectivity index (χ4n) is 2.79. The number of hydrogen-bond acceptors (Lipinski definition) is 2. The molecule has 3 heteroatoms. The topological polar surface area (TPSA) is 32.3 Å². The van der Waals surface area contributed by atoms with E-state index in [4.69, 9.17) is 0 Å². The van der Waals surface area contributed by atoms with E-state index >= 15 is 0 Å². The molecule has 1 saturated carbocycles. The van der Waals surface area contributed by atoms with Gasteiger partial charge in [-0.3, -0.25) is 9.69 Å². The molecule has 0 aromatic heterocycles. The van der Waals surface area contributed by atoms with Gasteiger partial charge < -0.3 is 5.32 Å². The third-order valence-electron chi connectivity index (χ3n) is 3.39. The highest BCUT2D eigenvalue weighted by Crippen LogP contribution is 2.34. The molecule has 2 atom stereocenters. The first-order chi connectivity index (χ1) is 6.36. The first kappa shape index (κ1) is 7.42. The predicted octanol–water partition coefficient (Wildman–Crippen LogP) is 0.974. The van der Waals surface area contributed by atoms with E-state index in [0.29, 0.717) is 18.5 Å². The molecule has 2 heterocycles. The van der Waals surface area contributed by atoms with Gasteiger partial charge in [0.1, 0.15) is 5.82 Å². The Balaban J connectivity index is 1.91. The van der Waals surface area contributed by atoms with E-state index in [-0.39, 0.29) is 5.91 Å². The lowest BCUT2D eigenvalue weighted by Crippen LogP contribution is -2.40. The van der Waals surface area contributed by atoms with Gasteiger partial charge in [0.2, 0.25) is 5.91 Å². The molecular weight excluding hydrogens is 164 g/mol. The van der Waals surface area contributed by atoms with Crippen molar-refractivity contribution in [2.24, 2.45) is 0 Å². The summed E-state index contributed by atoms with van der Waals surface area (Å²) in [6.07, 6.45) is 7.63. The number of nitrogens with zero attached hydrogens (tertiary/aromatic N) is 1. The number of carbonyl (C=O) groups excluding carboxylic acids is 1. The molecule has 3 rings (SSSR count). The largest absolute Gasteiger partial charge is 0.367 e. The van der Waals surface area contributed by atoms with Crippen LogP contribution >= 0.6 is 0 Å². The van der Waals surface area contributed by atoms with E-state index in [1.165, 1.54) is 25.7 Å². The zero-order valence-electron chi connectivity index (χ0n) is 7.62. The summed E-state index contributed by atoms with van der Waals surface area (Å²) in [5.41, 5.74) is 0. The molecular formula is C10H14N2O. The highest BCUT2D eigenvalue weighted by Gasteiger charge is 2.43. The Bertz CT molecular complexity index is 285. The molecule has 2 fully saturated rings. The molecule has 1 amide bonds. The van der Waals surface area contributed by atoms with Crippen LogP contribution in [0, 0.1) is 0 Å². The zero-order chi connectivity index (χ0) is 8.84. The van der Waals surface area contributed by atoms with Crippen LogP contribution in [0.1, 0.15) is 32.1 Å². The third kappa shape index (κ3) is 0.929. The van der Waals surface area contributed by atoms with Crippen LogP contribution in [0.25, 0.3) is 0 Å². The lowest BCUT2D eigenvalue weighted by atomic mass is 9.91. The van der Waals surface area contributed by atoms with E-state index < -0.39 is 0 Å². The summed E-state index contributed by atoms with van der Waals surface area (Å²) < 4.78 is 0. The summed E-state index contributed by atoms with van der Waals surface area (Å²) in [5.74, 6) is 1.37. The van der Waals surface area contributed by atoms with E-state index in [1.54, 1.807) is 0 Å². The minimum Gasteiger partial charge on any atom is -0.367 e. The number of nitrogens with one attached hydrogen (secondary N) is 1. The lowest BCUT2D eigenvalue weighted by molar-refractivity contribution is -0.128. The van der Waals surface area contributed by atoms with Crippen LogP contribution in [0.4, 0.5) is 0 Å². The van der Waals surface area contributed by atoms with E-state index in [0.717, 1.165) is 5.82 Å². The fourth-order valence-corrected chi connectivity index (χ4v) is 2.79. The number of fused-ring (bicyclic) bond motifs is 3. The van der Waals surface area contributed by atoms with Crippen molar-refractivity contribution in [1.29, 1.82) is 0 Å². The van der Waals surface area contributed by atoms with Gasteiger partial charge in [0.15, 0.2) is 0 Å². The maximum absolute atomic E-state index is 11.5. The monoisotopic (exact) mass is 178 g/mol. The van der Waals surface area contributed by atoms with Crippen molar-refractivity contribution in [2.75, 3.05) is 0 Å². The summed E-state index contributed by atoms with van der Waals surface area (Å²) in [5, 5.41) is 3.45. The summed E-state index contributed by atoms with van der Waals surface area (Å²) in [4.78, 5) is 13.5. The Hall–Kier alpha value is -0.990. The molecule has 0 radical (unpaired) electrons. The van der Waals surface area contributed by atoms with Crippen LogP contribution in [0.2, 0.25) is 0 Å². The summed E-state index contributed by atoms with van der Waals surface area (Å²) in [6.45, 7) is 0. The van der Waals surface area contributed by atoms with Gasteiger partial charge in [0, 0.05) is 12.5 Å². The Morgan fingerprint density at radius 2 is 2.23 bits per heavy atom. The standard InChI is InChI=1S/C10H14N2O/c13-10-6-5-9-11-7-3-1-2-4-8(7)12(9)10/h5,7-8,11H,1-4,6H2. The minimum absolute atomic E-state index is 0.289. The number of hydrogen-bond donors (Lipinski definition) is 1. The summed E-state index contributed by atoms with van der Waals surface area (Å²) in [6, 6.07) is 1.01. The van der Waals surface area contributed by atoms with Gasteiger partial charge >= 0.3 is 0 Å². The van der Waals surface area contributed by atoms with Crippen LogP contribution in [0.15, 0.2) is 11.9 Å². The molecule has 3 nitrogen and oxygen atoms in total. The van der Waals surface area contributed by atoms with Crippen molar-refractivity contribution in [3.8, 4) is 0 Å². The van der Waals surface area contributed by atoms with Gasteiger partial charge in [0.25, 0.3) is 0 Å². The Kier molecular flexibility index (Phi) is 1.43. The Labute approximate surface area is 77.8 Å². The average Bonchev–Trinajstić information content (AvgIpc) is 2.66.